The van der Waals surface area contributed by atoms with Gasteiger partial charge in [-0.25, -0.2) is 0 Å². The molecule has 92 valence electrons. The quantitative estimate of drug-likeness (QED) is 0.778. The van der Waals surface area contributed by atoms with Crippen LogP contribution in [0.3, 0.4) is 0 Å². The Morgan fingerprint density at radius 1 is 1.33 bits per heavy atom. The molecule has 3 rings (SSSR count). The monoisotopic (exact) mass is 259 g/mol. The van der Waals surface area contributed by atoms with Gasteiger partial charge in [0, 0.05) is 16.9 Å². The summed E-state index contributed by atoms with van der Waals surface area (Å²) in [7, 11) is 0. The Kier molecular flexibility index (Phi) is 2.39. The molecular weight excluding hydrogens is 246 g/mol. The van der Waals surface area contributed by atoms with Crippen LogP contribution < -0.4 is 5.73 Å². The van der Waals surface area contributed by atoms with Gasteiger partial charge in [-0.15, -0.1) is 0 Å². The first-order valence-corrected chi connectivity index (χ1v) is 6.42. The zero-order chi connectivity index (χ0) is 12.9. The maximum Gasteiger partial charge on any atom is 0.178 e. The van der Waals surface area contributed by atoms with Crippen LogP contribution in [0.15, 0.2) is 35.5 Å². The largest absolute Gasteiger partial charge is 0.396 e. The van der Waals surface area contributed by atoms with Crippen LogP contribution in [0.25, 0.3) is 6.08 Å². The molecule has 2 aliphatic carbocycles. The summed E-state index contributed by atoms with van der Waals surface area (Å²) in [5, 5.41) is 0.731. The summed E-state index contributed by atoms with van der Waals surface area (Å²) in [6, 6.07) is 5.90. The third kappa shape index (κ3) is 1.45. The molecule has 2 aliphatic rings. The van der Waals surface area contributed by atoms with Crippen molar-refractivity contribution < 1.29 is 4.79 Å². The molecule has 2 nitrogen and oxygen atoms in total. The number of benzene rings is 1. The lowest BCUT2D eigenvalue weighted by atomic mass is 9.64. The van der Waals surface area contributed by atoms with Crippen LogP contribution in [-0.2, 0) is 10.2 Å². The molecule has 3 heteroatoms. The number of hydrogen-bond donors (Lipinski definition) is 1. The van der Waals surface area contributed by atoms with Crippen molar-refractivity contribution in [1.82, 2.24) is 0 Å². The predicted octanol–water partition coefficient (Wildman–Crippen LogP) is 3.20. The molecule has 18 heavy (non-hydrogen) atoms. The Labute approximate surface area is 111 Å². The average Bonchev–Trinajstić information content (AvgIpc) is 2.34. The third-order valence-electron chi connectivity index (χ3n) is 4.07. The molecule has 0 fully saturated rings. The van der Waals surface area contributed by atoms with Crippen LogP contribution >= 0.6 is 11.6 Å². The molecule has 0 aliphatic heterocycles. The topological polar surface area (TPSA) is 43.1 Å². The number of allylic oxidation sites excluding steroid dienone is 3. The molecular formula is C15H14ClNO. The van der Waals surface area contributed by atoms with Gasteiger partial charge >= 0.3 is 0 Å². The molecule has 0 radical (unpaired) electrons. The van der Waals surface area contributed by atoms with Crippen molar-refractivity contribution >= 4 is 23.5 Å². The molecule has 0 unspecified atom stereocenters. The van der Waals surface area contributed by atoms with Gasteiger partial charge in [0.25, 0.3) is 0 Å². The number of carbonyl (C=O) groups is 1. The van der Waals surface area contributed by atoms with E-state index in [1.807, 2.05) is 30.4 Å². The molecule has 0 saturated heterocycles. The van der Waals surface area contributed by atoms with Gasteiger partial charge in [-0.3, -0.25) is 4.79 Å². The van der Waals surface area contributed by atoms with Crippen LogP contribution in [0.4, 0.5) is 0 Å². The van der Waals surface area contributed by atoms with E-state index < -0.39 is 0 Å². The summed E-state index contributed by atoms with van der Waals surface area (Å²) < 4.78 is 0. The van der Waals surface area contributed by atoms with E-state index >= 15 is 0 Å². The fourth-order valence-corrected chi connectivity index (χ4v) is 3.16. The first kappa shape index (κ1) is 11.5. The summed E-state index contributed by atoms with van der Waals surface area (Å²) in [4.78, 5) is 11.7. The van der Waals surface area contributed by atoms with E-state index in [0.29, 0.717) is 12.1 Å². The SMILES string of the molecule is C[C@]12CCC(=O)C(N)=C1C=Cc1cc(Cl)ccc12. The molecule has 0 aromatic heterocycles. The van der Waals surface area contributed by atoms with Gasteiger partial charge in [-0.2, -0.15) is 0 Å². The third-order valence-corrected chi connectivity index (χ3v) is 4.31. The summed E-state index contributed by atoms with van der Waals surface area (Å²) in [6.07, 6.45) is 5.28. The van der Waals surface area contributed by atoms with E-state index in [0.717, 1.165) is 22.6 Å². The molecule has 0 spiro atoms. The number of halogens is 1. The van der Waals surface area contributed by atoms with Crippen molar-refractivity contribution in [1.29, 1.82) is 0 Å². The van der Waals surface area contributed by atoms with Gasteiger partial charge in [-0.05, 0) is 35.3 Å². The summed E-state index contributed by atoms with van der Waals surface area (Å²) in [6.45, 7) is 2.15. The molecule has 1 aromatic rings. The van der Waals surface area contributed by atoms with Gasteiger partial charge in [0.15, 0.2) is 5.78 Å². The highest BCUT2D eigenvalue weighted by Crippen LogP contribution is 2.46. The van der Waals surface area contributed by atoms with Gasteiger partial charge in [0.1, 0.15) is 0 Å². The summed E-state index contributed by atoms with van der Waals surface area (Å²) in [5.41, 5.74) is 9.50. The van der Waals surface area contributed by atoms with Crippen LogP contribution in [-0.4, -0.2) is 5.78 Å². The Hall–Kier alpha value is -1.54. The highest BCUT2D eigenvalue weighted by molar-refractivity contribution is 6.30. The molecule has 0 saturated carbocycles. The Bertz CT molecular complexity index is 615. The lowest BCUT2D eigenvalue weighted by Crippen LogP contribution is -2.36. The fraction of sp³-hybridized carbons (Fsp3) is 0.267. The Morgan fingerprint density at radius 3 is 2.89 bits per heavy atom. The molecule has 2 N–H and O–H groups in total. The van der Waals surface area contributed by atoms with E-state index in [9.17, 15) is 4.79 Å². The molecule has 1 aromatic carbocycles. The molecule has 0 amide bonds. The van der Waals surface area contributed by atoms with Crippen LogP contribution in [0.2, 0.25) is 5.02 Å². The van der Waals surface area contributed by atoms with Gasteiger partial charge in [-0.1, -0.05) is 36.7 Å². The lowest BCUT2D eigenvalue weighted by Gasteiger charge is -2.39. The normalized spacial score (nSPS) is 26.0. The van der Waals surface area contributed by atoms with Crippen molar-refractivity contribution in [3.8, 4) is 0 Å². The number of carbonyl (C=O) groups excluding carboxylic acids is 1. The number of fused-ring (bicyclic) bond motifs is 3. The minimum atomic E-state index is -0.160. The Balaban J connectivity index is 2.27. The average molecular weight is 260 g/mol. The second-order valence-corrected chi connectivity index (χ2v) is 5.58. The van der Waals surface area contributed by atoms with Gasteiger partial charge in [0.05, 0.1) is 5.70 Å². The Morgan fingerprint density at radius 2 is 2.11 bits per heavy atom. The number of hydrogen-bond acceptors (Lipinski definition) is 2. The van der Waals surface area contributed by atoms with E-state index in [-0.39, 0.29) is 11.2 Å². The zero-order valence-corrected chi connectivity index (χ0v) is 10.9. The summed E-state index contributed by atoms with van der Waals surface area (Å²) in [5.74, 6) is 0.0598. The molecule has 1 atom stereocenters. The minimum Gasteiger partial charge on any atom is -0.396 e. The highest BCUT2D eigenvalue weighted by atomic mass is 35.5. The van der Waals surface area contributed by atoms with Crippen LogP contribution in [0.5, 0.6) is 0 Å². The highest BCUT2D eigenvalue weighted by Gasteiger charge is 2.39. The number of rotatable bonds is 0. The first-order chi connectivity index (χ1) is 8.52. The standard InChI is InChI=1S/C15H14ClNO/c1-15-7-6-13(18)14(17)12(15)4-2-9-8-10(16)3-5-11(9)15/h2-5,8H,6-7,17H2,1H3/t15-/m1/s1. The van der Waals surface area contributed by atoms with E-state index in [1.165, 1.54) is 5.56 Å². The van der Waals surface area contributed by atoms with Crippen molar-refractivity contribution in [2.75, 3.05) is 0 Å². The van der Waals surface area contributed by atoms with Crippen LogP contribution in [0.1, 0.15) is 30.9 Å². The number of ketones is 1. The second kappa shape index (κ2) is 3.72. The maximum absolute atomic E-state index is 11.7. The lowest BCUT2D eigenvalue weighted by molar-refractivity contribution is -0.116. The van der Waals surface area contributed by atoms with Crippen molar-refractivity contribution in [3.05, 3.63) is 51.7 Å². The van der Waals surface area contributed by atoms with Crippen molar-refractivity contribution in [3.63, 3.8) is 0 Å². The second-order valence-electron chi connectivity index (χ2n) is 5.15. The van der Waals surface area contributed by atoms with E-state index in [1.54, 1.807) is 0 Å². The zero-order valence-electron chi connectivity index (χ0n) is 10.2. The van der Waals surface area contributed by atoms with E-state index in [4.69, 9.17) is 17.3 Å². The first-order valence-electron chi connectivity index (χ1n) is 6.04. The molecule has 0 heterocycles. The van der Waals surface area contributed by atoms with E-state index in [2.05, 4.69) is 6.92 Å². The smallest absolute Gasteiger partial charge is 0.178 e. The van der Waals surface area contributed by atoms with Crippen molar-refractivity contribution in [2.45, 2.75) is 25.2 Å². The predicted molar refractivity (Wildman–Crippen MR) is 73.3 cm³/mol. The maximum atomic E-state index is 11.7. The van der Waals surface area contributed by atoms with Crippen LogP contribution in [0, 0.1) is 0 Å². The van der Waals surface area contributed by atoms with Gasteiger partial charge in [0.2, 0.25) is 0 Å². The number of nitrogens with two attached hydrogens (primary N) is 1. The van der Waals surface area contributed by atoms with Crippen molar-refractivity contribution in [2.24, 2.45) is 5.73 Å². The summed E-state index contributed by atoms with van der Waals surface area (Å²) >= 11 is 6.02. The fourth-order valence-electron chi connectivity index (χ4n) is 2.98. The number of Topliss-reactive ketones (excluding diaryl/α,β-unsaturated/α-hetero) is 1. The molecule has 0 bridgehead atoms. The minimum absolute atomic E-state index is 0.0598. The van der Waals surface area contributed by atoms with Gasteiger partial charge < -0.3 is 5.73 Å².